The summed E-state index contributed by atoms with van der Waals surface area (Å²) in [6.07, 6.45) is 0.695. The number of rotatable bonds is 3. The van der Waals surface area contributed by atoms with Gasteiger partial charge < -0.3 is 4.57 Å². The number of thiazole rings is 1. The van der Waals surface area contributed by atoms with Crippen molar-refractivity contribution in [2.75, 3.05) is 0 Å². The van der Waals surface area contributed by atoms with Gasteiger partial charge >= 0.3 is 0 Å². The zero-order chi connectivity index (χ0) is 17.3. The molecule has 0 aliphatic heterocycles. The second-order valence-corrected chi connectivity index (χ2v) is 6.20. The number of amides is 1. The van der Waals surface area contributed by atoms with E-state index in [2.05, 4.69) is 4.99 Å². The summed E-state index contributed by atoms with van der Waals surface area (Å²) >= 11 is 1.04. The SMILES string of the molecule is CCCn1c(=NC(=O)c2ccc(F)cc2)sc2cc(F)cc(F)c21. The van der Waals surface area contributed by atoms with E-state index in [-0.39, 0.29) is 15.9 Å². The number of aryl methyl sites for hydroxylation is 1. The third-order valence-electron chi connectivity index (χ3n) is 3.43. The third-order valence-corrected chi connectivity index (χ3v) is 4.46. The average Bonchev–Trinajstić information content (AvgIpc) is 2.85. The Morgan fingerprint density at radius 1 is 1.12 bits per heavy atom. The number of hydrogen-bond acceptors (Lipinski definition) is 2. The van der Waals surface area contributed by atoms with Gasteiger partial charge in [-0.1, -0.05) is 18.3 Å². The number of carbonyl (C=O) groups is 1. The molecule has 7 heteroatoms. The van der Waals surface area contributed by atoms with Gasteiger partial charge in [-0.05, 0) is 36.8 Å². The summed E-state index contributed by atoms with van der Waals surface area (Å²) in [5, 5.41) is 0. The highest BCUT2D eigenvalue weighted by Crippen LogP contribution is 2.22. The number of carbonyl (C=O) groups excluding carboxylic acids is 1. The fourth-order valence-electron chi connectivity index (χ4n) is 2.39. The van der Waals surface area contributed by atoms with E-state index in [1.54, 1.807) is 4.57 Å². The van der Waals surface area contributed by atoms with Crippen LogP contribution in [0.25, 0.3) is 10.2 Å². The van der Waals surface area contributed by atoms with Gasteiger partial charge in [0.25, 0.3) is 5.91 Å². The number of hydrogen-bond donors (Lipinski definition) is 0. The predicted octanol–water partition coefficient (Wildman–Crippen LogP) is 4.27. The minimum atomic E-state index is -0.689. The van der Waals surface area contributed by atoms with Crippen LogP contribution in [0.4, 0.5) is 13.2 Å². The van der Waals surface area contributed by atoms with Crippen molar-refractivity contribution in [1.82, 2.24) is 4.57 Å². The van der Waals surface area contributed by atoms with Crippen LogP contribution < -0.4 is 4.80 Å². The first-order valence-electron chi connectivity index (χ1n) is 7.32. The lowest BCUT2D eigenvalue weighted by Gasteiger charge is -2.03. The summed E-state index contributed by atoms with van der Waals surface area (Å²) < 4.78 is 42.4. The van der Waals surface area contributed by atoms with E-state index in [0.717, 1.165) is 17.4 Å². The molecule has 0 N–H and O–H groups in total. The highest BCUT2D eigenvalue weighted by Gasteiger charge is 2.14. The minimum absolute atomic E-state index is 0.226. The Morgan fingerprint density at radius 2 is 1.83 bits per heavy atom. The summed E-state index contributed by atoms with van der Waals surface area (Å²) in [5.74, 6) is -2.38. The molecule has 2 aromatic carbocycles. The van der Waals surface area contributed by atoms with E-state index >= 15 is 0 Å². The lowest BCUT2D eigenvalue weighted by Crippen LogP contribution is -2.17. The van der Waals surface area contributed by atoms with E-state index in [1.807, 2.05) is 6.92 Å². The molecule has 0 unspecified atom stereocenters. The summed E-state index contributed by atoms with van der Waals surface area (Å²) in [6.45, 7) is 2.35. The van der Waals surface area contributed by atoms with E-state index < -0.39 is 23.4 Å². The molecule has 3 rings (SSSR count). The molecule has 1 aromatic heterocycles. The monoisotopic (exact) mass is 350 g/mol. The normalized spacial score (nSPS) is 12.1. The quantitative estimate of drug-likeness (QED) is 0.695. The molecule has 124 valence electrons. The Morgan fingerprint density at radius 3 is 2.50 bits per heavy atom. The predicted molar refractivity (Wildman–Crippen MR) is 86.3 cm³/mol. The molecule has 1 amide bonds. The smallest absolute Gasteiger partial charge is 0.279 e. The van der Waals surface area contributed by atoms with Gasteiger partial charge in [-0.3, -0.25) is 4.79 Å². The van der Waals surface area contributed by atoms with E-state index in [1.165, 1.54) is 30.3 Å². The van der Waals surface area contributed by atoms with Crippen LogP contribution in [0.5, 0.6) is 0 Å². The van der Waals surface area contributed by atoms with Crippen molar-refractivity contribution >= 4 is 27.5 Å². The first-order chi connectivity index (χ1) is 11.5. The van der Waals surface area contributed by atoms with Gasteiger partial charge in [0.15, 0.2) is 10.6 Å². The Labute approximate surface area is 139 Å². The van der Waals surface area contributed by atoms with Gasteiger partial charge in [0.1, 0.15) is 11.6 Å². The molecule has 0 spiro atoms. The van der Waals surface area contributed by atoms with E-state index in [4.69, 9.17) is 0 Å². The van der Waals surface area contributed by atoms with Crippen LogP contribution in [0.2, 0.25) is 0 Å². The molecule has 1 heterocycles. The van der Waals surface area contributed by atoms with Crippen LogP contribution in [0.15, 0.2) is 41.4 Å². The fraction of sp³-hybridized carbons (Fsp3) is 0.176. The number of fused-ring (bicyclic) bond motifs is 1. The van der Waals surface area contributed by atoms with Crippen molar-refractivity contribution < 1.29 is 18.0 Å². The van der Waals surface area contributed by atoms with Crippen molar-refractivity contribution in [2.24, 2.45) is 4.99 Å². The Balaban J connectivity index is 2.17. The maximum absolute atomic E-state index is 14.1. The zero-order valence-electron chi connectivity index (χ0n) is 12.7. The van der Waals surface area contributed by atoms with Crippen LogP contribution >= 0.6 is 11.3 Å². The second-order valence-electron chi connectivity index (χ2n) is 5.19. The van der Waals surface area contributed by atoms with Gasteiger partial charge in [-0.15, -0.1) is 0 Å². The van der Waals surface area contributed by atoms with Crippen molar-refractivity contribution in [3.63, 3.8) is 0 Å². The van der Waals surface area contributed by atoms with E-state index in [9.17, 15) is 18.0 Å². The van der Waals surface area contributed by atoms with Crippen molar-refractivity contribution in [3.05, 3.63) is 64.2 Å². The summed E-state index contributed by atoms with van der Waals surface area (Å²) in [4.78, 5) is 16.5. The van der Waals surface area contributed by atoms with Crippen LogP contribution in [0.3, 0.4) is 0 Å². The largest absolute Gasteiger partial charge is 0.314 e. The molecule has 0 atom stereocenters. The van der Waals surface area contributed by atoms with Crippen molar-refractivity contribution in [2.45, 2.75) is 19.9 Å². The second kappa shape index (κ2) is 6.60. The minimum Gasteiger partial charge on any atom is -0.314 e. The number of nitrogens with zero attached hydrogens (tertiary/aromatic N) is 2. The van der Waals surface area contributed by atoms with Gasteiger partial charge in [-0.25, -0.2) is 13.2 Å². The lowest BCUT2D eigenvalue weighted by molar-refractivity contribution is 0.0997. The Hall–Kier alpha value is -2.41. The molecule has 3 nitrogen and oxygen atoms in total. The fourth-order valence-corrected chi connectivity index (χ4v) is 3.48. The van der Waals surface area contributed by atoms with Crippen LogP contribution in [-0.2, 0) is 6.54 Å². The number of halogens is 3. The maximum atomic E-state index is 14.1. The van der Waals surface area contributed by atoms with Crippen LogP contribution in [0.1, 0.15) is 23.7 Å². The molecule has 24 heavy (non-hydrogen) atoms. The highest BCUT2D eigenvalue weighted by molar-refractivity contribution is 7.16. The Kier molecular flexibility index (Phi) is 4.53. The highest BCUT2D eigenvalue weighted by atomic mass is 32.1. The van der Waals surface area contributed by atoms with Crippen molar-refractivity contribution in [3.8, 4) is 0 Å². The number of benzene rings is 2. The topological polar surface area (TPSA) is 34.4 Å². The van der Waals surface area contributed by atoms with Gasteiger partial charge in [-0.2, -0.15) is 4.99 Å². The molecule has 0 radical (unpaired) electrons. The molecule has 0 bridgehead atoms. The lowest BCUT2D eigenvalue weighted by atomic mass is 10.2. The molecule has 0 fully saturated rings. The standard InChI is InChI=1S/C17H13F3N2OS/c1-2-7-22-15-13(20)8-12(19)9-14(15)24-17(22)21-16(23)10-3-5-11(18)6-4-10/h3-6,8-9H,2,7H2,1H3. The molecule has 0 aliphatic carbocycles. The molecule has 0 saturated carbocycles. The van der Waals surface area contributed by atoms with E-state index in [0.29, 0.717) is 17.7 Å². The molecule has 0 aliphatic rings. The molecule has 0 saturated heterocycles. The maximum Gasteiger partial charge on any atom is 0.279 e. The van der Waals surface area contributed by atoms with Gasteiger partial charge in [0, 0.05) is 18.2 Å². The molecular weight excluding hydrogens is 337 g/mol. The van der Waals surface area contributed by atoms with Crippen LogP contribution in [0, 0.1) is 17.5 Å². The summed E-state index contributed by atoms with van der Waals surface area (Å²) in [5.41, 5.74) is 0.456. The van der Waals surface area contributed by atoms with Gasteiger partial charge in [0.2, 0.25) is 0 Å². The Bertz CT molecular complexity index is 974. The van der Waals surface area contributed by atoms with Crippen LogP contribution in [-0.4, -0.2) is 10.5 Å². The summed E-state index contributed by atoms with van der Waals surface area (Å²) in [7, 11) is 0. The summed E-state index contributed by atoms with van der Waals surface area (Å²) in [6, 6.07) is 7.03. The third kappa shape index (κ3) is 3.12. The first-order valence-corrected chi connectivity index (χ1v) is 8.14. The molecule has 3 aromatic rings. The molecular formula is C17H13F3N2OS. The average molecular weight is 350 g/mol. The van der Waals surface area contributed by atoms with Gasteiger partial charge in [0.05, 0.1) is 10.2 Å². The number of aromatic nitrogens is 1. The zero-order valence-corrected chi connectivity index (χ0v) is 13.5. The van der Waals surface area contributed by atoms with Crippen molar-refractivity contribution in [1.29, 1.82) is 0 Å². The first kappa shape index (κ1) is 16.4.